The number of fused-ring (bicyclic) bond motifs is 1. The van der Waals surface area contributed by atoms with E-state index in [4.69, 9.17) is 22.3 Å². The fourth-order valence-corrected chi connectivity index (χ4v) is 4.87. The van der Waals surface area contributed by atoms with Crippen LogP contribution in [0.15, 0.2) is 18.2 Å². The van der Waals surface area contributed by atoms with Crippen LogP contribution >= 0.6 is 22.9 Å². The molecule has 1 aromatic carbocycles. The summed E-state index contributed by atoms with van der Waals surface area (Å²) in [5.74, 6) is 1.05. The Morgan fingerprint density at radius 3 is 2.89 bits per heavy atom. The predicted molar refractivity (Wildman–Crippen MR) is 111 cm³/mol. The number of nitrogens with zero attached hydrogens (tertiary/aromatic N) is 3. The van der Waals surface area contributed by atoms with E-state index < -0.39 is 0 Å². The summed E-state index contributed by atoms with van der Waals surface area (Å²) in [6.45, 7) is 0.212. The molecule has 142 valence electrons. The van der Waals surface area contributed by atoms with Gasteiger partial charge in [0.1, 0.15) is 16.0 Å². The SMILES string of the molecule is CNc1ccc2nc(-c3c(Cl)nc(N)nc3N[C@H]3CC[C@@H](CO)C3)sc2c1. The highest BCUT2D eigenvalue weighted by Crippen LogP contribution is 2.40. The summed E-state index contributed by atoms with van der Waals surface area (Å²) in [7, 11) is 1.89. The molecule has 1 fully saturated rings. The van der Waals surface area contributed by atoms with Crippen LogP contribution in [0.25, 0.3) is 20.8 Å². The molecule has 3 aromatic rings. The van der Waals surface area contributed by atoms with Crippen molar-refractivity contribution in [2.75, 3.05) is 30.0 Å². The molecule has 7 nitrogen and oxygen atoms in total. The Kier molecular flexibility index (Phi) is 5.03. The van der Waals surface area contributed by atoms with Gasteiger partial charge in [0.25, 0.3) is 0 Å². The summed E-state index contributed by atoms with van der Waals surface area (Å²) in [5, 5.41) is 17.0. The lowest BCUT2D eigenvalue weighted by atomic mass is 10.1. The maximum absolute atomic E-state index is 9.39. The van der Waals surface area contributed by atoms with Gasteiger partial charge >= 0.3 is 0 Å². The largest absolute Gasteiger partial charge is 0.396 e. The van der Waals surface area contributed by atoms with E-state index in [0.717, 1.165) is 40.2 Å². The summed E-state index contributed by atoms with van der Waals surface area (Å²) >= 11 is 7.98. The number of aromatic nitrogens is 3. The highest BCUT2D eigenvalue weighted by molar-refractivity contribution is 7.21. The fraction of sp³-hybridized carbons (Fsp3) is 0.389. The molecule has 2 heterocycles. The van der Waals surface area contributed by atoms with E-state index >= 15 is 0 Å². The van der Waals surface area contributed by atoms with Gasteiger partial charge in [-0.25, -0.2) is 9.97 Å². The van der Waals surface area contributed by atoms with Gasteiger partial charge in [-0.2, -0.15) is 4.98 Å². The summed E-state index contributed by atoms with van der Waals surface area (Å²) < 4.78 is 1.05. The molecule has 5 N–H and O–H groups in total. The topological polar surface area (TPSA) is 109 Å². The Morgan fingerprint density at radius 1 is 1.30 bits per heavy atom. The first kappa shape index (κ1) is 18.2. The van der Waals surface area contributed by atoms with Crippen molar-refractivity contribution in [1.29, 1.82) is 0 Å². The Balaban J connectivity index is 1.73. The fourth-order valence-electron chi connectivity index (χ4n) is 3.50. The van der Waals surface area contributed by atoms with Crippen molar-refractivity contribution in [3.63, 3.8) is 0 Å². The van der Waals surface area contributed by atoms with Crippen molar-refractivity contribution < 1.29 is 5.11 Å². The number of aliphatic hydroxyl groups excluding tert-OH is 1. The molecule has 9 heteroatoms. The Hall–Kier alpha value is -2.16. The molecule has 1 aliphatic carbocycles. The molecule has 0 radical (unpaired) electrons. The zero-order chi connectivity index (χ0) is 19.0. The van der Waals surface area contributed by atoms with Crippen LogP contribution in [0, 0.1) is 5.92 Å². The van der Waals surface area contributed by atoms with Gasteiger partial charge in [-0.05, 0) is 43.4 Å². The minimum Gasteiger partial charge on any atom is -0.396 e. The van der Waals surface area contributed by atoms with Gasteiger partial charge in [-0.3, -0.25) is 0 Å². The van der Waals surface area contributed by atoms with Crippen molar-refractivity contribution in [2.45, 2.75) is 25.3 Å². The number of aliphatic hydroxyl groups is 1. The summed E-state index contributed by atoms with van der Waals surface area (Å²) in [4.78, 5) is 13.2. The van der Waals surface area contributed by atoms with Crippen LogP contribution in [0.4, 0.5) is 17.5 Å². The second-order valence-electron chi connectivity index (χ2n) is 6.75. The number of nitrogen functional groups attached to an aromatic ring is 1. The number of nitrogens with one attached hydrogen (secondary N) is 2. The molecule has 0 bridgehead atoms. The number of halogens is 1. The maximum Gasteiger partial charge on any atom is 0.223 e. The van der Waals surface area contributed by atoms with Crippen LogP contribution in [-0.4, -0.2) is 39.8 Å². The molecule has 2 atom stereocenters. The smallest absolute Gasteiger partial charge is 0.223 e. The molecular weight excluding hydrogens is 384 g/mol. The molecule has 1 saturated carbocycles. The van der Waals surface area contributed by atoms with Crippen molar-refractivity contribution >= 4 is 50.6 Å². The maximum atomic E-state index is 9.39. The molecule has 0 saturated heterocycles. The van der Waals surface area contributed by atoms with Gasteiger partial charge in [-0.15, -0.1) is 11.3 Å². The van der Waals surface area contributed by atoms with E-state index in [-0.39, 0.29) is 23.8 Å². The van der Waals surface area contributed by atoms with Gasteiger partial charge < -0.3 is 21.5 Å². The molecule has 0 aliphatic heterocycles. The van der Waals surface area contributed by atoms with E-state index in [2.05, 4.69) is 26.7 Å². The quantitative estimate of drug-likeness (QED) is 0.481. The first-order valence-electron chi connectivity index (χ1n) is 8.86. The molecule has 0 spiro atoms. The third-order valence-electron chi connectivity index (χ3n) is 4.91. The van der Waals surface area contributed by atoms with Gasteiger partial charge in [0, 0.05) is 25.4 Å². The van der Waals surface area contributed by atoms with Crippen LogP contribution in [0.1, 0.15) is 19.3 Å². The van der Waals surface area contributed by atoms with Gasteiger partial charge in [-0.1, -0.05) is 11.6 Å². The van der Waals surface area contributed by atoms with Gasteiger partial charge in [0.05, 0.1) is 15.8 Å². The van der Waals surface area contributed by atoms with Gasteiger partial charge in [0.2, 0.25) is 5.95 Å². The second kappa shape index (κ2) is 7.46. The van der Waals surface area contributed by atoms with E-state index in [1.54, 1.807) is 11.3 Å². The van der Waals surface area contributed by atoms with E-state index in [1.807, 2.05) is 19.2 Å². The zero-order valence-electron chi connectivity index (χ0n) is 14.9. The zero-order valence-corrected chi connectivity index (χ0v) is 16.4. The molecule has 4 rings (SSSR count). The van der Waals surface area contributed by atoms with Crippen molar-refractivity contribution in [3.05, 3.63) is 23.4 Å². The normalized spacial score (nSPS) is 19.5. The lowest BCUT2D eigenvalue weighted by molar-refractivity contribution is 0.229. The Morgan fingerprint density at radius 2 is 2.15 bits per heavy atom. The molecule has 1 aliphatic rings. The first-order valence-corrected chi connectivity index (χ1v) is 10.1. The summed E-state index contributed by atoms with van der Waals surface area (Å²) in [6, 6.07) is 6.23. The molecular formula is C18H21ClN6OS. The summed E-state index contributed by atoms with van der Waals surface area (Å²) in [6.07, 6.45) is 2.85. The minimum atomic E-state index is 0.126. The monoisotopic (exact) mass is 404 g/mol. The van der Waals surface area contributed by atoms with Crippen LogP contribution in [0.3, 0.4) is 0 Å². The number of rotatable bonds is 5. The predicted octanol–water partition coefficient (Wildman–Crippen LogP) is 3.60. The van der Waals surface area contributed by atoms with E-state index in [1.165, 1.54) is 0 Å². The number of anilines is 3. The Bertz CT molecular complexity index is 978. The average molecular weight is 405 g/mol. The van der Waals surface area contributed by atoms with Crippen molar-refractivity contribution in [1.82, 2.24) is 15.0 Å². The minimum absolute atomic E-state index is 0.126. The lowest BCUT2D eigenvalue weighted by Crippen LogP contribution is -2.18. The van der Waals surface area contributed by atoms with Crippen LogP contribution in [-0.2, 0) is 0 Å². The molecule has 2 aromatic heterocycles. The molecule has 0 amide bonds. The van der Waals surface area contributed by atoms with Crippen molar-refractivity contribution in [3.8, 4) is 10.6 Å². The highest BCUT2D eigenvalue weighted by atomic mass is 35.5. The summed E-state index contributed by atoms with van der Waals surface area (Å²) in [5.41, 5.74) is 8.43. The van der Waals surface area contributed by atoms with Crippen molar-refractivity contribution in [2.24, 2.45) is 5.92 Å². The lowest BCUT2D eigenvalue weighted by Gasteiger charge is -2.16. The van der Waals surface area contributed by atoms with E-state index in [9.17, 15) is 5.11 Å². The van der Waals surface area contributed by atoms with Gasteiger partial charge in [0.15, 0.2) is 0 Å². The number of hydrogen-bond donors (Lipinski definition) is 4. The van der Waals surface area contributed by atoms with Crippen LogP contribution in [0.5, 0.6) is 0 Å². The van der Waals surface area contributed by atoms with Crippen LogP contribution < -0.4 is 16.4 Å². The first-order chi connectivity index (χ1) is 13.1. The average Bonchev–Trinajstić information content (AvgIpc) is 3.26. The standard InChI is InChI=1S/C18H21ClN6OS/c1-21-10-4-5-12-13(7-10)27-17(23-12)14-15(19)24-18(20)25-16(14)22-11-3-2-9(6-11)8-26/h4-5,7,9,11,21,26H,2-3,6,8H2,1H3,(H3,20,22,24,25)/t9-,11+/m1/s1. The number of thiazole rings is 1. The van der Waals surface area contributed by atoms with E-state index in [0.29, 0.717) is 17.3 Å². The number of benzene rings is 1. The molecule has 0 unspecified atom stereocenters. The molecule has 27 heavy (non-hydrogen) atoms. The Labute approximate surface area is 166 Å². The highest BCUT2D eigenvalue weighted by Gasteiger charge is 2.26. The third-order valence-corrected chi connectivity index (χ3v) is 6.22. The second-order valence-corrected chi connectivity index (χ2v) is 8.14. The van der Waals surface area contributed by atoms with Crippen LogP contribution in [0.2, 0.25) is 5.15 Å². The number of hydrogen-bond acceptors (Lipinski definition) is 8. The number of nitrogens with two attached hydrogens (primary N) is 1. The third kappa shape index (κ3) is 3.65.